The molecule has 0 bridgehead atoms. The maximum absolute atomic E-state index is 15.4. The molecule has 176 valence electrons. The van der Waals surface area contributed by atoms with Gasteiger partial charge in [0.15, 0.2) is 11.6 Å². The number of aryl methyl sites for hydroxylation is 1. The molecule has 7 nitrogen and oxygen atoms in total. The van der Waals surface area contributed by atoms with E-state index in [2.05, 4.69) is 15.0 Å². The van der Waals surface area contributed by atoms with Gasteiger partial charge in [0, 0.05) is 28.3 Å². The zero-order valence-corrected chi connectivity index (χ0v) is 19.3. The quantitative estimate of drug-likeness (QED) is 0.363. The first-order valence-electron chi connectivity index (χ1n) is 9.82. The average molecular weight is 509 g/mol. The van der Waals surface area contributed by atoms with Crippen molar-refractivity contribution in [3.8, 4) is 17.0 Å². The number of sulfonamides is 1. The van der Waals surface area contributed by atoms with Crippen molar-refractivity contribution in [1.82, 2.24) is 15.0 Å². The Bertz CT molecular complexity index is 1530. The standard InChI is InChI=1S/C22H16ClF3N4O3S/c1-3-12-18(25)13(8-11-10-27-22(26)28-19(11)12)14-9-16(24)20(29-21(14)33-2)30-34(31,32)17-7-5-4-6-15(17)23/h4-10H,3H2,1-2H3,(H,29,30). The Morgan fingerprint density at radius 1 is 1.09 bits per heavy atom. The summed E-state index contributed by atoms with van der Waals surface area (Å²) in [6.45, 7) is 1.66. The third-order valence-electron chi connectivity index (χ3n) is 5.01. The molecule has 12 heteroatoms. The molecule has 0 radical (unpaired) electrons. The summed E-state index contributed by atoms with van der Waals surface area (Å²) in [5, 5.41) is 0.253. The summed E-state index contributed by atoms with van der Waals surface area (Å²) in [5.41, 5.74) is 0.00923. The van der Waals surface area contributed by atoms with Gasteiger partial charge in [-0.3, -0.25) is 4.72 Å². The third kappa shape index (κ3) is 4.24. The number of aromatic nitrogens is 3. The minimum Gasteiger partial charge on any atom is -0.480 e. The molecule has 2 heterocycles. The third-order valence-corrected chi connectivity index (χ3v) is 6.85. The molecule has 0 aliphatic rings. The number of rotatable bonds is 6. The van der Waals surface area contributed by atoms with Crippen molar-refractivity contribution in [3.63, 3.8) is 0 Å². The van der Waals surface area contributed by atoms with Crippen LogP contribution in [0.25, 0.3) is 22.0 Å². The summed E-state index contributed by atoms with van der Waals surface area (Å²) in [6.07, 6.45) is 0.345. The van der Waals surface area contributed by atoms with Crippen molar-refractivity contribution >= 4 is 38.3 Å². The van der Waals surface area contributed by atoms with E-state index in [-0.39, 0.29) is 44.4 Å². The molecule has 0 saturated carbocycles. The zero-order valence-electron chi connectivity index (χ0n) is 17.7. The number of ether oxygens (including phenoxy) is 1. The SMILES string of the molecule is CCc1c(F)c(-c2cc(F)c(NS(=O)(=O)c3ccccc3Cl)nc2OC)cc2cnc(F)nc12. The maximum atomic E-state index is 15.4. The lowest BCUT2D eigenvalue weighted by Crippen LogP contribution is -2.16. The van der Waals surface area contributed by atoms with E-state index in [9.17, 15) is 12.8 Å². The smallest absolute Gasteiger partial charge is 0.309 e. The second kappa shape index (κ2) is 9.07. The van der Waals surface area contributed by atoms with Crippen LogP contribution in [-0.4, -0.2) is 30.5 Å². The summed E-state index contributed by atoms with van der Waals surface area (Å²) in [7, 11) is -3.07. The molecule has 4 aromatic rings. The molecule has 2 aromatic carbocycles. The maximum Gasteiger partial charge on any atom is 0.309 e. The first-order valence-corrected chi connectivity index (χ1v) is 11.7. The van der Waals surface area contributed by atoms with Crippen molar-refractivity contribution < 1.29 is 26.3 Å². The Hall–Kier alpha value is -3.44. The van der Waals surface area contributed by atoms with Gasteiger partial charge >= 0.3 is 6.08 Å². The van der Waals surface area contributed by atoms with Crippen LogP contribution in [0.15, 0.2) is 47.5 Å². The lowest BCUT2D eigenvalue weighted by Gasteiger charge is -2.15. The zero-order chi connectivity index (χ0) is 24.6. The fourth-order valence-electron chi connectivity index (χ4n) is 3.46. The number of methoxy groups -OCH3 is 1. The number of anilines is 1. The largest absolute Gasteiger partial charge is 0.480 e. The Morgan fingerprint density at radius 3 is 2.50 bits per heavy atom. The van der Waals surface area contributed by atoms with Crippen LogP contribution in [0.1, 0.15) is 12.5 Å². The topological polar surface area (TPSA) is 94.1 Å². The van der Waals surface area contributed by atoms with Crippen LogP contribution >= 0.6 is 11.6 Å². The summed E-state index contributed by atoms with van der Waals surface area (Å²) >= 11 is 5.95. The van der Waals surface area contributed by atoms with Crippen LogP contribution in [0, 0.1) is 17.7 Å². The number of nitrogens with zero attached hydrogens (tertiary/aromatic N) is 3. The van der Waals surface area contributed by atoms with E-state index in [4.69, 9.17) is 16.3 Å². The number of pyridine rings is 1. The number of halogens is 4. The summed E-state index contributed by atoms with van der Waals surface area (Å²) in [6, 6.07) is 7.82. The molecule has 34 heavy (non-hydrogen) atoms. The van der Waals surface area contributed by atoms with Gasteiger partial charge in [0.2, 0.25) is 5.88 Å². The normalized spacial score (nSPS) is 11.6. The van der Waals surface area contributed by atoms with Gasteiger partial charge in [0.25, 0.3) is 10.0 Å². The van der Waals surface area contributed by atoms with Crippen molar-refractivity contribution in [2.75, 3.05) is 11.8 Å². The average Bonchev–Trinajstić information content (AvgIpc) is 2.80. The van der Waals surface area contributed by atoms with Gasteiger partial charge in [-0.2, -0.15) is 9.37 Å². The number of hydrogen-bond acceptors (Lipinski definition) is 6. The summed E-state index contributed by atoms with van der Waals surface area (Å²) < 4.78 is 76.5. The van der Waals surface area contributed by atoms with Gasteiger partial charge in [-0.15, -0.1) is 0 Å². The minimum atomic E-state index is -4.29. The fourth-order valence-corrected chi connectivity index (χ4v) is 4.99. The Kier molecular flexibility index (Phi) is 6.32. The molecule has 0 saturated heterocycles. The van der Waals surface area contributed by atoms with E-state index in [1.807, 2.05) is 4.72 Å². The van der Waals surface area contributed by atoms with Crippen LogP contribution in [0.2, 0.25) is 5.02 Å². The summed E-state index contributed by atoms with van der Waals surface area (Å²) in [4.78, 5) is 10.8. The van der Waals surface area contributed by atoms with E-state index in [1.165, 1.54) is 37.6 Å². The number of hydrogen-bond donors (Lipinski definition) is 1. The van der Waals surface area contributed by atoms with Gasteiger partial charge in [-0.25, -0.2) is 27.2 Å². The van der Waals surface area contributed by atoms with Crippen molar-refractivity contribution in [2.24, 2.45) is 0 Å². The van der Waals surface area contributed by atoms with Crippen LogP contribution in [0.4, 0.5) is 19.0 Å². The van der Waals surface area contributed by atoms with Crippen LogP contribution < -0.4 is 9.46 Å². The summed E-state index contributed by atoms with van der Waals surface area (Å²) in [5.74, 6) is -2.76. The molecule has 0 aliphatic carbocycles. The van der Waals surface area contributed by atoms with Gasteiger partial charge in [0.1, 0.15) is 10.7 Å². The van der Waals surface area contributed by atoms with Crippen LogP contribution in [-0.2, 0) is 16.4 Å². The van der Waals surface area contributed by atoms with E-state index in [0.717, 1.165) is 6.07 Å². The first-order chi connectivity index (χ1) is 16.2. The highest BCUT2D eigenvalue weighted by Gasteiger charge is 2.24. The number of nitrogens with one attached hydrogen (secondary N) is 1. The highest BCUT2D eigenvalue weighted by atomic mass is 35.5. The molecular formula is C22H16ClF3N4O3S. The highest BCUT2D eigenvalue weighted by Crippen LogP contribution is 2.37. The van der Waals surface area contributed by atoms with Crippen molar-refractivity contribution in [2.45, 2.75) is 18.2 Å². The monoisotopic (exact) mass is 508 g/mol. The van der Waals surface area contributed by atoms with E-state index in [0.29, 0.717) is 5.39 Å². The lowest BCUT2D eigenvalue weighted by atomic mass is 9.98. The number of fused-ring (bicyclic) bond motifs is 1. The molecule has 0 unspecified atom stereocenters. The molecule has 0 atom stereocenters. The molecular weight excluding hydrogens is 493 g/mol. The van der Waals surface area contributed by atoms with Crippen LogP contribution in [0.5, 0.6) is 5.88 Å². The molecule has 0 aliphatic heterocycles. The van der Waals surface area contributed by atoms with Gasteiger partial charge < -0.3 is 4.74 Å². The Labute approximate surface area is 197 Å². The van der Waals surface area contributed by atoms with Crippen molar-refractivity contribution in [1.29, 1.82) is 0 Å². The molecule has 0 amide bonds. The lowest BCUT2D eigenvalue weighted by molar-refractivity contribution is 0.398. The second-order valence-corrected chi connectivity index (χ2v) is 9.12. The molecule has 4 rings (SSSR count). The van der Waals surface area contributed by atoms with E-state index >= 15 is 8.78 Å². The second-order valence-electron chi connectivity index (χ2n) is 7.06. The van der Waals surface area contributed by atoms with Crippen LogP contribution in [0.3, 0.4) is 0 Å². The fraction of sp³-hybridized carbons (Fsp3) is 0.136. The predicted octanol–water partition coefficient (Wildman–Crippen LogP) is 5.13. The van der Waals surface area contributed by atoms with Gasteiger partial charge in [0.05, 0.1) is 17.6 Å². The molecule has 1 N–H and O–H groups in total. The highest BCUT2D eigenvalue weighted by molar-refractivity contribution is 7.92. The predicted molar refractivity (Wildman–Crippen MR) is 121 cm³/mol. The first kappa shape index (κ1) is 23.7. The van der Waals surface area contributed by atoms with Crippen molar-refractivity contribution in [3.05, 3.63) is 70.9 Å². The Morgan fingerprint density at radius 2 is 1.82 bits per heavy atom. The molecule has 0 fully saturated rings. The molecule has 2 aromatic heterocycles. The van der Waals surface area contributed by atoms with Gasteiger partial charge in [-0.1, -0.05) is 30.7 Å². The van der Waals surface area contributed by atoms with Gasteiger partial charge in [-0.05, 0) is 30.7 Å². The minimum absolute atomic E-state index is 0.0667. The van der Waals surface area contributed by atoms with E-state index < -0.39 is 33.6 Å². The Balaban J connectivity index is 1.85. The molecule has 0 spiro atoms. The number of benzene rings is 2. The van der Waals surface area contributed by atoms with E-state index in [1.54, 1.807) is 13.0 Å².